The van der Waals surface area contributed by atoms with Crippen LogP contribution in [0.25, 0.3) is 0 Å². The molecule has 1 aromatic carbocycles. The first-order valence-corrected chi connectivity index (χ1v) is 6.26. The van der Waals surface area contributed by atoms with E-state index in [0.717, 1.165) is 10.8 Å². The molecular formula is C12H18N2S. The Morgan fingerprint density at radius 3 is 2.33 bits per heavy atom. The molecule has 1 aromatic rings. The van der Waals surface area contributed by atoms with Crippen LogP contribution >= 0.6 is 11.8 Å². The molecule has 2 nitrogen and oxygen atoms in total. The van der Waals surface area contributed by atoms with E-state index in [2.05, 4.69) is 18.7 Å². The topological polar surface area (TPSA) is 49.9 Å². The molecule has 0 aromatic heterocycles. The third kappa shape index (κ3) is 4.88. The standard InChI is InChI=1S/C7H8N2.C5H10S/c8-7(9)6-4-2-1-3-5-6;1-5-3-2-4-6-5/h1-5H,(H3,8,9);5H,2-4H2,1H3. The number of amidine groups is 1. The Hall–Kier alpha value is -0.960. The van der Waals surface area contributed by atoms with Crippen LogP contribution < -0.4 is 5.73 Å². The zero-order chi connectivity index (χ0) is 11.1. The highest BCUT2D eigenvalue weighted by molar-refractivity contribution is 8.00. The van der Waals surface area contributed by atoms with E-state index in [1.54, 1.807) is 0 Å². The lowest BCUT2D eigenvalue weighted by atomic mass is 10.2. The minimum absolute atomic E-state index is 0.121. The Morgan fingerprint density at radius 1 is 1.40 bits per heavy atom. The van der Waals surface area contributed by atoms with E-state index < -0.39 is 0 Å². The maximum atomic E-state index is 7.01. The van der Waals surface area contributed by atoms with Gasteiger partial charge in [-0.25, -0.2) is 0 Å². The SMILES string of the molecule is CC1CCCS1.N=C(N)c1ccccc1. The van der Waals surface area contributed by atoms with Gasteiger partial charge in [0.2, 0.25) is 0 Å². The van der Waals surface area contributed by atoms with Crippen LogP contribution in [0.4, 0.5) is 0 Å². The minimum Gasteiger partial charge on any atom is -0.384 e. The van der Waals surface area contributed by atoms with E-state index in [1.165, 1.54) is 18.6 Å². The highest BCUT2D eigenvalue weighted by atomic mass is 32.2. The lowest BCUT2D eigenvalue weighted by molar-refractivity contribution is 0.838. The van der Waals surface area contributed by atoms with E-state index in [0.29, 0.717) is 0 Å². The number of thioether (sulfide) groups is 1. The van der Waals surface area contributed by atoms with Crippen LogP contribution in [0.3, 0.4) is 0 Å². The summed E-state index contributed by atoms with van der Waals surface area (Å²) in [5, 5.41) is 7.98. The van der Waals surface area contributed by atoms with E-state index in [4.69, 9.17) is 11.1 Å². The van der Waals surface area contributed by atoms with Gasteiger partial charge >= 0.3 is 0 Å². The molecule has 1 unspecified atom stereocenters. The van der Waals surface area contributed by atoms with E-state index >= 15 is 0 Å². The smallest absolute Gasteiger partial charge is 0.122 e. The minimum atomic E-state index is 0.121. The normalized spacial score (nSPS) is 19.1. The third-order valence-electron chi connectivity index (χ3n) is 2.24. The predicted octanol–water partition coefficient (Wildman–Crippen LogP) is 2.87. The Labute approximate surface area is 95.8 Å². The summed E-state index contributed by atoms with van der Waals surface area (Å²) in [5.74, 6) is 1.52. The molecule has 0 bridgehead atoms. The molecule has 15 heavy (non-hydrogen) atoms. The summed E-state index contributed by atoms with van der Waals surface area (Å²) in [6.07, 6.45) is 2.90. The van der Waals surface area contributed by atoms with Gasteiger partial charge < -0.3 is 5.73 Å². The first kappa shape index (κ1) is 12.1. The average Bonchev–Trinajstić information content (AvgIpc) is 2.71. The summed E-state index contributed by atoms with van der Waals surface area (Å²) < 4.78 is 0. The number of hydrogen-bond acceptors (Lipinski definition) is 2. The van der Waals surface area contributed by atoms with Crippen LogP contribution in [0.5, 0.6) is 0 Å². The van der Waals surface area contributed by atoms with E-state index in [-0.39, 0.29) is 5.84 Å². The van der Waals surface area contributed by atoms with Crippen molar-refractivity contribution in [2.45, 2.75) is 25.0 Å². The zero-order valence-corrected chi connectivity index (χ0v) is 9.89. The zero-order valence-electron chi connectivity index (χ0n) is 9.07. The van der Waals surface area contributed by atoms with Gasteiger partial charge in [0, 0.05) is 10.8 Å². The number of nitrogens with two attached hydrogens (primary N) is 1. The summed E-state index contributed by atoms with van der Waals surface area (Å²) >= 11 is 2.10. The number of nitrogen functional groups attached to an aromatic ring is 1. The molecule has 1 aliphatic heterocycles. The second-order valence-electron chi connectivity index (χ2n) is 3.60. The molecule has 3 heteroatoms. The molecule has 2 rings (SSSR count). The van der Waals surface area contributed by atoms with Gasteiger partial charge in [-0.1, -0.05) is 37.3 Å². The maximum absolute atomic E-state index is 7.01. The van der Waals surface area contributed by atoms with Crippen molar-refractivity contribution in [2.24, 2.45) is 5.73 Å². The molecule has 82 valence electrons. The Morgan fingerprint density at radius 2 is 2.07 bits per heavy atom. The van der Waals surface area contributed by atoms with Crippen molar-refractivity contribution in [3.8, 4) is 0 Å². The van der Waals surface area contributed by atoms with Crippen LogP contribution in [0.2, 0.25) is 0 Å². The lowest BCUT2D eigenvalue weighted by Crippen LogP contribution is -2.10. The number of nitrogens with one attached hydrogen (secondary N) is 1. The molecule has 1 fully saturated rings. The van der Waals surface area contributed by atoms with Gasteiger partial charge in [0.05, 0.1) is 0 Å². The van der Waals surface area contributed by atoms with Crippen LogP contribution in [0, 0.1) is 5.41 Å². The molecule has 0 amide bonds. The monoisotopic (exact) mass is 222 g/mol. The highest BCUT2D eigenvalue weighted by Crippen LogP contribution is 2.24. The molecule has 1 saturated heterocycles. The van der Waals surface area contributed by atoms with Crippen molar-refractivity contribution in [3.05, 3.63) is 35.9 Å². The van der Waals surface area contributed by atoms with Crippen molar-refractivity contribution in [1.29, 1.82) is 5.41 Å². The van der Waals surface area contributed by atoms with Crippen LogP contribution in [0.15, 0.2) is 30.3 Å². The fraction of sp³-hybridized carbons (Fsp3) is 0.417. The summed E-state index contributed by atoms with van der Waals surface area (Å²) in [6.45, 7) is 2.30. The molecule has 0 radical (unpaired) electrons. The summed E-state index contributed by atoms with van der Waals surface area (Å²) in [6, 6.07) is 9.23. The lowest BCUT2D eigenvalue weighted by Gasteiger charge is -1.93. The van der Waals surface area contributed by atoms with Gasteiger partial charge in [-0.2, -0.15) is 11.8 Å². The Balaban J connectivity index is 0.000000162. The van der Waals surface area contributed by atoms with Gasteiger partial charge in [-0.3, -0.25) is 5.41 Å². The molecule has 0 spiro atoms. The molecule has 0 aliphatic carbocycles. The summed E-state index contributed by atoms with van der Waals surface area (Å²) in [5.41, 5.74) is 5.97. The van der Waals surface area contributed by atoms with Crippen molar-refractivity contribution in [3.63, 3.8) is 0 Å². The van der Waals surface area contributed by atoms with Gasteiger partial charge in [0.25, 0.3) is 0 Å². The first-order valence-electron chi connectivity index (χ1n) is 5.21. The first-order chi connectivity index (χ1) is 7.20. The van der Waals surface area contributed by atoms with Gasteiger partial charge in [0.1, 0.15) is 5.84 Å². The van der Waals surface area contributed by atoms with Crippen molar-refractivity contribution in [2.75, 3.05) is 5.75 Å². The fourth-order valence-electron chi connectivity index (χ4n) is 1.36. The number of benzene rings is 1. The van der Waals surface area contributed by atoms with E-state index in [9.17, 15) is 0 Å². The predicted molar refractivity (Wildman–Crippen MR) is 68.6 cm³/mol. The largest absolute Gasteiger partial charge is 0.384 e. The van der Waals surface area contributed by atoms with Crippen molar-refractivity contribution in [1.82, 2.24) is 0 Å². The Kier molecular flexibility index (Phi) is 5.26. The van der Waals surface area contributed by atoms with Crippen LogP contribution in [-0.2, 0) is 0 Å². The van der Waals surface area contributed by atoms with Crippen LogP contribution in [0.1, 0.15) is 25.3 Å². The third-order valence-corrected chi connectivity index (χ3v) is 3.57. The molecule has 3 N–H and O–H groups in total. The fourth-order valence-corrected chi connectivity index (χ4v) is 2.43. The number of rotatable bonds is 1. The van der Waals surface area contributed by atoms with Gasteiger partial charge in [0.15, 0.2) is 0 Å². The van der Waals surface area contributed by atoms with Gasteiger partial charge in [-0.05, 0) is 18.6 Å². The maximum Gasteiger partial charge on any atom is 0.122 e. The second kappa shape index (κ2) is 6.51. The second-order valence-corrected chi connectivity index (χ2v) is 5.15. The molecule has 0 saturated carbocycles. The molecular weight excluding hydrogens is 204 g/mol. The van der Waals surface area contributed by atoms with E-state index in [1.807, 2.05) is 30.3 Å². The summed E-state index contributed by atoms with van der Waals surface area (Å²) in [7, 11) is 0. The highest BCUT2D eigenvalue weighted by Gasteiger charge is 2.07. The molecule has 1 aliphatic rings. The summed E-state index contributed by atoms with van der Waals surface area (Å²) in [4.78, 5) is 0. The average molecular weight is 222 g/mol. The molecule has 1 heterocycles. The Bertz CT molecular complexity index is 292. The number of hydrogen-bond donors (Lipinski definition) is 2. The van der Waals surface area contributed by atoms with Crippen molar-refractivity contribution < 1.29 is 0 Å². The van der Waals surface area contributed by atoms with Gasteiger partial charge in [-0.15, -0.1) is 0 Å². The van der Waals surface area contributed by atoms with Crippen LogP contribution in [-0.4, -0.2) is 16.8 Å². The molecule has 1 atom stereocenters. The quantitative estimate of drug-likeness (QED) is 0.567. The van der Waals surface area contributed by atoms with Crippen molar-refractivity contribution >= 4 is 17.6 Å².